The van der Waals surface area contributed by atoms with Gasteiger partial charge in [-0.05, 0) is 37.8 Å². The molecule has 2 aromatic carbocycles. The lowest BCUT2D eigenvalue weighted by atomic mass is 10.0. The highest BCUT2D eigenvalue weighted by Crippen LogP contribution is 2.32. The molecule has 20 heavy (non-hydrogen) atoms. The highest BCUT2D eigenvalue weighted by molar-refractivity contribution is 7.98. The molecule has 2 aromatic rings. The van der Waals surface area contributed by atoms with E-state index >= 15 is 0 Å². The third-order valence-electron chi connectivity index (χ3n) is 3.17. The SMILES string of the molecule is CSc1ccccc1OC(c1cccc(C)c1)C(C)N. The molecule has 0 bridgehead atoms. The topological polar surface area (TPSA) is 35.2 Å². The lowest BCUT2D eigenvalue weighted by Gasteiger charge is -2.24. The Morgan fingerprint density at radius 3 is 2.50 bits per heavy atom. The number of hydrogen-bond donors (Lipinski definition) is 1. The summed E-state index contributed by atoms with van der Waals surface area (Å²) in [5, 5.41) is 0. The van der Waals surface area contributed by atoms with Crippen LogP contribution in [0.4, 0.5) is 0 Å². The summed E-state index contributed by atoms with van der Waals surface area (Å²) in [7, 11) is 0. The Kier molecular flexibility index (Phi) is 5.10. The van der Waals surface area contributed by atoms with E-state index in [2.05, 4.69) is 37.4 Å². The van der Waals surface area contributed by atoms with Crippen LogP contribution in [0.25, 0.3) is 0 Å². The van der Waals surface area contributed by atoms with Crippen molar-refractivity contribution in [1.29, 1.82) is 0 Å². The van der Waals surface area contributed by atoms with Gasteiger partial charge < -0.3 is 10.5 Å². The van der Waals surface area contributed by atoms with Gasteiger partial charge in [0, 0.05) is 10.9 Å². The fourth-order valence-corrected chi connectivity index (χ4v) is 2.71. The Bertz CT molecular complexity index is 568. The fraction of sp³-hybridized carbons (Fsp3) is 0.294. The monoisotopic (exact) mass is 287 g/mol. The predicted molar refractivity (Wildman–Crippen MR) is 86.4 cm³/mol. The van der Waals surface area contributed by atoms with Crippen molar-refractivity contribution >= 4 is 11.8 Å². The highest BCUT2D eigenvalue weighted by Gasteiger charge is 2.19. The van der Waals surface area contributed by atoms with E-state index in [1.165, 1.54) is 5.56 Å². The van der Waals surface area contributed by atoms with Crippen LogP contribution in [-0.4, -0.2) is 12.3 Å². The van der Waals surface area contributed by atoms with Gasteiger partial charge in [0.05, 0.1) is 0 Å². The lowest BCUT2D eigenvalue weighted by molar-refractivity contribution is 0.176. The average molecular weight is 287 g/mol. The summed E-state index contributed by atoms with van der Waals surface area (Å²) in [5.74, 6) is 0.892. The summed E-state index contributed by atoms with van der Waals surface area (Å²) in [6.45, 7) is 4.06. The second kappa shape index (κ2) is 6.82. The molecule has 2 atom stereocenters. The summed E-state index contributed by atoms with van der Waals surface area (Å²) in [5.41, 5.74) is 8.47. The van der Waals surface area contributed by atoms with Gasteiger partial charge >= 0.3 is 0 Å². The Morgan fingerprint density at radius 2 is 1.85 bits per heavy atom. The number of benzene rings is 2. The van der Waals surface area contributed by atoms with E-state index in [1.807, 2.05) is 31.2 Å². The number of nitrogens with two attached hydrogens (primary N) is 1. The van der Waals surface area contributed by atoms with Crippen molar-refractivity contribution in [3.05, 3.63) is 59.7 Å². The molecular formula is C17H21NOS. The molecule has 0 fully saturated rings. The van der Waals surface area contributed by atoms with Crippen LogP contribution in [0.15, 0.2) is 53.4 Å². The third-order valence-corrected chi connectivity index (χ3v) is 3.95. The van der Waals surface area contributed by atoms with Crippen LogP contribution in [0.1, 0.15) is 24.2 Å². The Morgan fingerprint density at radius 1 is 1.10 bits per heavy atom. The maximum Gasteiger partial charge on any atom is 0.139 e. The van der Waals surface area contributed by atoms with Gasteiger partial charge in [-0.2, -0.15) is 0 Å². The van der Waals surface area contributed by atoms with Gasteiger partial charge in [0.15, 0.2) is 0 Å². The minimum Gasteiger partial charge on any atom is -0.483 e. The van der Waals surface area contributed by atoms with E-state index in [-0.39, 0.29) is 12.1 Å². The van der Waals surface area contributed by atoms with Crippen LogP contribution < -0.4 is 10.5 Å². The van der Waals surface area contributed by atoms with Gasteiger partial charge in [-0.25, -0.2) is 0 Å². The molecule has 0 aromatic heterocycles. The molecule has 0 aliphatic rings. The van der Waals surface area contributed by atoms with Crippen molar-refractivity contribution < 1.29 is 4.74 Å². The summed E-state index contributed by atoms with van der Waals surface area (Å²) in [6.07, 6.45) is 1.92. The van der Waals surface area contributed by atoms with E-state index in [0.717, 1.165) is 16.2 Å². The normalized spacial score (nSPS) is 13.8. The van der Waals surface area contributed by atoms with Gasteiger partial charge in [0.2, 0.25) is 0 Å². The molecule has 2 rings (SSSR count). The first kappa shape index (κ1) is 14.9. The third kappa shape index (κ3) is 3.56. The van der Waals surface area contributed by atoms with Crippen molar-refractivity contribution in [2.24, 2.45) is 5.73 Å². The van der Waals surface area contributed by atoms with Crippen molar-refractivity contribution in [1.82, 2.24) is 0 Å². The Balaban J connectivity index is 2.31. The van der Waals surface area contributed by atoms with Crippen LogP contribution in [0, 0.1) is 6.92 Å². The van der Waals surface area contributed by atoms with E-state index in [9.17, 15) is 0 Å². The molecule has 0 saturated heterocycles. The van der Waals surface area contributed by atoms with E-state index < -0.39 is 0 Å². The first-order valence-corrected chi connectivity index (χ1v) is 7.96. The summed E-state index contributed by atoms with van der Waals surface area (Å²) in [4.78, 5) is 1.13. The van der Waals surface area contributed by atoms with Crippen molar-refractivity contribution in [2.75, 3.05) is 6.26 Å². The second-order valence-electron chi connectivity index (χ2n) is 4.96. The molecule has 0 amide bonds. The van der Waals surface area contributed by atoms with Crippen molar-refractivity contribution in [3.63, 3.8) is 0 Å². The van der Waals surface area contributed by atoms with Crippen molar-refractivity contribution in [3.8, 4) is 5.75 Å². The van der Waals surface area contributed by atoms with Gasteiger partial charge in [-0.1, -0.05) is 42.0 Å². The molecule has 2 N–H and O–H groups in total. The molecule has 106 valence electrons. The minimum absolute atomic E-state index is 0.0771. The summed E-state index contributed by atoms with van der Waals surface area (Å²) in [6, 6.07) is 16.3. The zero-order valence-electron chi connectivity index (χ0n) is 12.2. The zero-order chi connectivity index (χ0) is 14.5. The maximum atomic E-state index is 6.19. The molecular weight excluding hydrogens is 266 g/mol. The number of ether oxygens (including phenoxy) is 1. The number of rotatable bonds is 5. The number of aryl methyl sites for hydroxylation is 1. The van der Waals surface area contributed by atoms with Crippen LogP contribution >= 0.6 is 11.8 Å². The predicted octanol–water partition coefficient (Wildman–Crippen LogP) is 4.18. The Labute approximate surface area is 125 Å². The van der Waals surface area contributed by atoms with E-state index in [1.54, 1.807) is 11.8 Å². The molecule has 0 radical (unpaired) electrons. The smallest absolute Gasteiger partial charge is 0.139 e. The molecule has 2 nitrogen and oxygen atoms in total. The second-order valence-corrected chi connectivity index (χ2v) is 5.81. The molecule has 0 spiro atoms. The number of thioether (sulfide) groups is 1. The van der Waals surface area contributed by atoms with Gasteiger partial charge in [0.25, 0.3) is 0 Å². The standard InChI is InChI=1S/C17H21NOS/c1-12-7-6-8-14(11-12)17(13(2)18)19-15-9-4-5-10-16(15)20-3/h4-11,13,17H,18H2,1-3H3. The highest BCUT2D eigenvalue weighted by atomic mass is 32.2. The molecule has 0 heterocycles. The molecule has 2 unspecified atom stereocenters. The fourth-order valence-electron chi connectivity index (χ4n) is 2.18. The largest absolute Gasteiger partial charge is 0.483 e. The molecule has 3 heteroatoms. The van der Waals surface area contributed by atoms with E-state index in [4.69, 9.17) is 10.5 Å². The van der Waals surface area contributed by atoms with Crippen LogP contribution in [0.5, 0.6) is 5.75 Å². The first-order valence-electron chi connectivity index (χ1n) is 6.73. The van der Waals surface area contributed by atoms with Crippen LogP contribution in [-0.2, 0) is 0 Å². The van der Waals surface area contributed by atoms with Gasteiger partial charge in [-0.3, -0.25) is 0 Å². The quantitative estimate of drug-likeness (QED) is 0.838. The maximum absolute atomic E-state index is 6.19. The zero-order valence-corrected chi connectivity index (χ0v) is 13.0. The lowest BCUT2D eigenvalue weighted by Crippen LogP contribution is -2.29. The number of para-hydroxylation sites is 1. The Hall–Kier alpha value is -1.45. The van der Waals surface area contributed by atoms with Crippen molar-refractivity contribution in [2.45, 2.75) is 30.9 Å². The summed E-state index contributed by atoms with van der Waals surface area (Å²) >= 11 is 1.68. The van der Waals surface area contributed by atoms with Gasteiger partial charge in [-0.15, -0.1) is 11.8 Å². The van der Waals surface area contributed by atoms with Gasteiger partial charge in [0.1, 0.15) is 11.9 Å². The summed E-state index contributed by atoms with van der Waals surface area (Å²) < 4.78 is 6.19. The molecule has 0 aliphatic carbocycles. The number of hydrogen-bond acceptors (Lipinski definition) is 3. The first-order chi connectivity index (χ1) is 9.61. The average Bonchev–Trinajstić information content (AvgIpc) is 2.44. The van der Waals surface area contributed by atoms with Crippen LogP contribution in [0.2, 0.25) is 0 Å². The molecule has 0 aliphatic heterocycles. The minimum atomic E-state index is -0.136. The van der Waals surface area contributed by atoms with Crippen LogP contribution in [0.3, 0.4) is 0 Å². The molecule has 0 saturated carbocycles. The van der Waals surface area contributed by atoms with E-state index in [0.29, 0.717) is 0 Å².